The Morgan fingerprint density at radius 2 is 1.94 bits per heavy atom. The number of halogens is 2. The lowest BCUT2D eigenvalue weighted by Gasteiger charge is -2.26. The number of nitrogens with one attached hydrogen (secondary N) is 1. The molecule has 0 bridgehead atoms. The third-order valence-electron chi connectivity index (χ3n) is 2.99. The predicted molar refractivity (Wildman–Crippen MR) is 68.6 cm³/mol. The van der Waals surface area contributed by atoms with Gasteiger partial charge in [0.25, 0.3) is 0 Å². The van der Waals surface area contributed by atoms with Gasteiger partial charge in [-0.25, -0.2) is 8.78 Å². The first-order chi connectivity index (χ1) is 8.47. The molecule has 0 heterocycles. The molecular formula is C14H21F2NO. The van der Waals surface area contributed by atoms with Crippen molar-refractivity contribution in [3.63, 3.8) is 0 Å². The summed E-state index contributed by atoms with van der Waals surface area (Å²) in [7, 11) is 0. The average Bonchev–Trinajstić information content (AvgIpc) is 2.28. The molecule has 102 valence electrons. The van der Waals surface area contributed by atoms with Crippen LogP contribution in [0.25, 0.3) is 0 Å². The molecule has 4 heteroatoms. The van der Waals surface area contributed by atoms with Crippen LogP contribution in [0.2, 0.25) is 0 Å². The van der Waals surface area contributed by atoms with E-state index in [-0.39, 0.29) is 6.61 Å². The van der Waals surface area contributed by atoms with Gasteiger partial charge in [-0.3, -0.25) is 0 Å². The monoisotopic (exact) mass is 257 g/mol. The van der Waals surface area contributed by atoms with Crippen LogP contribution in [0.1, 0.15) is 32.3 Å². The van der Waals surface area contributed by atoms with E-state index in [9.17, 15) is 8.78 Å². The Bertz CT molecular complexity index is 380. The highest BCUT2D eigenvalue weighted by Gasteiger charge is 2.23. The fraction of sp³-hybridized carbons (Fsp3) is 0.571. The van der Waals surface area contributed by atoms with Crippen LogP contribution in [-0.2, 0) is 5.41 Å². The average molecular weight is 257 g/mol. The van der Waals surface area contributed by atoms with Gasteiger partial charge < -0.3 is 10.4 Å². The third kappa shape index (κ3) is 4.35. The van der Waals surface area contributed by atoms with Crippen molar-refractivity contribution in [2.45, 2.75) is 32.1 Å². The molecule has 1 aromatic rings. The number of unbranched alkanes of at least 4 members (excludes halogenated alkanes) is 1. The summed E-state index contributed by atoms with van der Waals surface area (Å²) in [4.78, 5) is 0. The molecule has 0 amide bonds. The molecule has 0 aliphatic heterocycles. The van der Waals surface area contributed by atoms with Crippen molar-refractivity contribution in [2.24, 2.45) is 0 Å². The van der Waals surface area contributed by atoms with Crippen molar-refractivity contribution >= 4 is 0 Å². The highest BCUT2D eigenvalue weighted by molar-refractivity contribution is 5.26. The molecule has 0 radical (unpaired) electrons. The molecule has 0 aromatic heterocycles. The summed E-state index contributed by atoms with van der Waals surface area (Å²) in [5.41, 5.74) is 0.121. The van der Waals surface area contributed by atoms with Crippen molar-refractivity contribution in [1.29, 1.82) is 0 Å². The van der Waals surface area contributed by atoms with E-state index < -0.39 is 17.0 Å². The van der Waals surface area contributed by atoms with Gasteiger partial charge in [0.2, 0.25) is 0 Å². The number of aliphatic hydroxyl groups is 1. The highest BCUT2D eigenvalue weighted by Crippen LogP contribution is 2.25. The van der Waals surface area contributed by atoms with Crippen LogP contribution >= 0.6 is 0 Å². The first-order valence-corrected chi connectivity index (χ1v) is 6.24. The minimum atomic E-state index is -0.553. The van der Waals surface area contributed by atoms with E-state index in [1.165, 1.54) is 12.1 Å². The summed E-state index contributed by atoms with van der Waals surface area (Å²) in [5, 5.41) is 11.9. The quantitative estimate of drug-likeness (QED) is 0.736. The summed E-state index contributed by atoms with van der Waals surface area (Å²) < 4.78 is 26.5. The van der Waals surface area contributed by atoms with E-state index in [1.54, 1.807) is 0 Å². The molecule has 2 nitrogen and oxygen atoms in total. The minimum absolute atomic E-state index is 0.192. The predicted octanol–water partition coefficient (Wildman–Crippen LogP) is 2.60. The molecule has 0 fully saturated rings. The first kappa shape index (κ1) is 15.1. The Balaban J connectivity index is 2.56. The van der Waals surface area contributed by atoms with Gasteiger partial charge >= 0.3 is 0 Å². The lowest BCUT2D eigenvalue weighted by molar-refractivity contribution is 0.283. The molecule has 18 heavy (non-hydrogen) atoms. The first-order valence-electron chi connectivity index (χ1n) is 6.24. The summed E-state index contributed by atoms with van der Waals surface area (Å²) >= 11 is 0. The van der Waals surface area contributed by atoms with Crippen molar-refractivity contribution in [1.82, 2.24) is 5.32 Å². The van der Waals surface area contributed by atoms with Crippen LogP contribution in [0.4, 0.5) is 8.78 Å². The van der Waals surface area contributed by atoms with Crippen LogP contribution in [0, 0.1) is 11.6 Å². The van der Waals surface area contributed by atoms with Crippen LogP contribution < -0.4 is 5.32 Å². The van der Waals surface area contributed by atoms with Crippen molar-refractivity contribution in [2.75, 3.05) is 19.7 Å². The van der Waals surface area contributed by atoms with Gasteiger partial charge in [0, 0.05) is 24.6 Å². The molecule has 0 atom stereocenters. The third-order valence-corrected chi connectivity index (χ3v) is 2.99. The van der Waals surface area contributed by atoms with E-state index in [0.29, 0.717) is 12.1 Å². The summed E-state index contributed by atoms with van der Waals surface area (Å²) in [6.07, 6.45) is 1.65. The van der Waals surface area contributed by atoms with Crippen molar-refractivity contribution in [3.05, 3.63) is 35.4 Å². The standard InChI is InChI=1S/C14H21F2NO/c1-14(2,10-17-7-3-4-8-18)12-6-5-11(15)9-13(12)16/h5-6,9,17-18H,3-4,7-8,10H2,1-2H3. The zero-order valence-corrected chi connectivity index (χ0v) is 11.0. The van der Waals surface area contributed by atoms with Gasteiger partial charge in [-0.1, -0.05) is 19.9 Å². The number of hydrogen-bond acceptors (Lipinski definition) is 2. The van der Waals surface area contributed by atoms with Gasteiger partial charge in [-0.05, 0) is 31.0 Å². The minimum Gasteiger partial charge on any atom is -0.396 e. The second kappa shape index (κ2) is 6.81. The van der Waals surface area contributed by atoms with Gasteiger partial charge in [0.15, 0.2) is 0 Å². The van der Waals surface area contributed by atoms with Crippen LogP contribution in [0.5, 0.6) is 0 Å². The largest absolute Gasteiger partial charge is 0.396 e. The zero-order chi connectivity index (χ0) is 13.6. The molecule has 0 aliphatic rings. The maximum absolute atomic E-state index is 13.7. The Kier molecular flexibility index (Phi) is 5.69. The number of rotatable bonds is 7. The number of benzene rings is 1. The summed E-state index contributed by atoms with van der Waals surface area (Å²) in [6, 6.07) is 3.70. The summed E-state index contributed by atoms with van der Waals surface area (Å²) in [5.74, 6) is -1.06. The Morgan fingerprint density at radius 3 is 2.56 bits per heavy atom. The number of aliphatic hydroxyl groups excluding tert-OH is 1. The molecule has 0 saturated heterocycles. The topological polar surface area (TPSA) is 32.3 Å². The zero-order valence-electron chi connectivity index (χ0n) is 11.0. The maximum Gasteiger partial charge on any atom is 0.129 e. The molecule has 0 unspecified atom stereocenters. The maximum atomic E-state index is 13.7. The number of hydrogen-bond donors (Lipinski definition) is 2. The summed E-state index contributed by atoms with van der Waals surface area (Å²) in [6.45, 7) is 5.43. The van der Waals surface area contributed by atoms with E-state index in [1.807, 2.05) is 13.8 Å². The van der Waals surface area contributed by atoms with Gasteiger partial charge in [0.1, 0.15) is 11.6 Å². The van der Waals surface area contributed by atoms with E-state index in [0.717, 1.165) is 25.5 Å². The van der Waals surface area contributed by atoms with Crippen molar-refractivity contribution in [3.8, 4) is 0 Å². The molecular weight excluding hydrogens is 236 g/mol. The molecule has 2 N–H and O–H groups in total. The van der Waals surface area contributed by atoms with E-state index in [4.69, 9.17) is 5.11 Å². The second-order valence-electron chi connectivity index (χ2n) is 5.12. The SMILES string of the molecule is CC(C)(CNCCCCO)c1ccc(F)cc1F. The van der Waals surface area contributed by atoms with E-state index in [2.05, 4.69) is 5.32 Å². The van der Waals surface area contributed by atoms with Crippen LogP contribution in [0.3, 0.4) is 0 Å². The fourth-order valence-corrected chi connectivity index (χ4v) is 1.90. The van der Waals surface area contributed by atoms with Crippen LogP contribution in [0.15, 0.2) is 18.2 Å². The van der Waals surface area contributed by atoms with Gasteiger partial charge in [-0.15, -0.1) is 0 Å². The molecule has 0 saturated carbocycles. The Labute approximate surface area is 107 Å². The van der Waals surface area contributed by atoms with Crippen molar-refractivity contribution < 1.29 is 13.9 Å². The molecule has 0 aliphatic carbocycles. The Hall–Kier alpha value is -1.00. The smallest absolute Gasteiger partial charge is 0.129 e. The van der Waals surface area contributed by atoms with Gasteiger partial charge in [0.05, 0.1) is 0 Å². The second-order valence-corrected chi connectivity index (χ2v) is 5.12. The van der Waals surface area contributed by atoms with Crippen LogP contribution in [-0.4, -0.2) is 24.8 Å². The highest BCUT2D eigenvalue weighted by atomic mass is 19.1. The normalized spacial score (nSPS) is 11.8. The molecule has 1 aromatic carbocycles. The van der Waals surface area contributed by atoms with Gasteiger partial charge in [-0.2, -0.15) is 0 Å². The lowest BCUT2D eigenvalue weighted by atomic mass is 9.84. The lowest BCUT2D eigenvalue weighted by Crippen LogP contribution is -2.34. The molecule has 0 spiro atoms. The Morgan fingerprint density at radius 1 is 1.22 bits per heavy atom. The molecule has 1 rings (SSSR count). The fourth-order valence-electron chi connectivity index (χ4n) is 1.90. The van der Waals surface area contributed by atoms with E-state index >= 15 is 0 Å².